The predicted molar refractivity (Wildman–Crippen MR) is 65.5 cm³/mol. The standard InChI is InChI=1S/C13H12F3N3/c1-9-4-2-5-10(19-9)8-18-12-11(13(14,15)16)6-3-7-17-12/h2-7H,8H2,1H3,(H,17,18). The molecule has 0 atom stereocenters. The molecule has 2 heterocycles. The number of pyridine rings is 2. The van der Waals surface area contributed by atoms with Crippen molar-refractivity contribution in [2.24, 2.45) is 0 Å². The fourth-order valence-electron chi connectivity index (χ4n) is 1.65. The Morgan fingerprint density at radius 2 is 1.95 bits per heavy atom. The van der Waals surface area contributed by atoms with Crippen LogP contribution in [-0.2, 0) is 12.7 Å². The first kappa shape index (κ1) is 13.3. The van der Waals surface area contributed by atoms with Crippen LogP contribution in [-0.4, -0.2) is 9.97 Å². The lowest BCUT2D eigenvalue weighted by Gasteiger charge is -2.12. The van der Waals surface area contributed by atoms with E-state index < -0.39 is 11.7 Å². The van der Waals surface area contributed by atoms with Gasteiger partial charge >= 0.3 is 6.18 Å². The largest absolute Gasteiger partial charge is 0.419 e. The van der Waals surface area contributed by atoms with Crippen molar-refractivity contribution in [1.29, 1.82) is 0 Å². The molecule has 2 rings (SSSR count). The van der Waals surface area contributed by atoms with E-state index in [9.17, 15) is 13.2 Å². The van der Waals surface area contributed by atoms with Crippen molar-refractivity contribution in [2.75, 3.05) is 5.32 Å². The third-order valence-electron chi connectivity index (χ3n) is 2.50. The number of hydrogen-bond acceptors (Lipinski definition) is 3. The first-order valence-corrected chi connectivity index (χ1v) is 5.65. The van der Waals surface area contributed by atoms with E-state index in [4.69, 9.17) is 0 Å². The number of alkyl halides is 3. The van der Waals surface area contributed by atoms with Crippen LogP contribution in [0.2, 0.25) is 0 Å². The van der Waals surface area contributed by atoms with E-state index in [0.717, 1.165) is 11.8 Å². The van der Waals surface area contributed by atoms with Crippen molar-refractivity contribution < 1.29 is 13.2 Å². The van der Waals surface area contributed by atoms with Gasteiger partial charge in [0.2, 0.25) is 0 Å². The lowest BCUT2D eigenvalue weighted by molar-refractivity contribution is -0.137. The van der Waals surface area contributed by atoms with Gasteiger partial charge in [-0.25, -0.2) is 4.98 Å². The maximum atomic E-state index is 12.7. The van der Waals surface area contributed by atoms with E-state index in [0.29, 0.717) is 5.69 Å². The second-order valence-corrected chi connectivity index (χ2v) is 4.02. The lowest BCUT2D eigenvalue weighted by Crippen LogP contribution is -2.12. The SMILES string of the molecule is Cc1cccc(CNc2ncccc2C(F)(F)F)n1. The molecule has 0 fully saturated rings. The molecule has 1 N–H and O–H groups in total. The number of anilines is 1. The van der Waals surface area contributed by atoms with E-state index in [1.165, 1.54) is 12.3 Å². The summed E-state index contributed by atoms with van der Waals surface area (Å²) in [6.07, 6.45) is -3.10. The Bertz CT molecular complexity index is 567. The van der Waals surface area contributed by atoms with E-state index >= 15 is 0 Å². The predicted octanol–water partition coefficient (Wildman–Crippen LogP) is 3.42. The molecule has 0 aliphatic heterocycles. The summed E-state index contributed by atoms with van der Waals surface area (Å²) < 4.78 is 38.2. The third kappa shape index (κ3) is 3.43. The van der Waals surface area contributed by atoms with Crippen LogP contribution < -0.4 is 5.32 Å². The number of rotatable bonds is 3. The number of aromatic nitrogens is 2. The van der Waals surface area contributed by atoms with Crippen LogP contribution in [0.25, 0.3) is 0 Å². The minimum atomic E-state index is -4.42. The average Bonchev–Trinajstić information content (AvgIpc) is 2.36. The first-order chi connectivity index (χ1) is 8.97. The molecule has 100 valence electrons. The number of nitrogens with one attached hydrogen (secondary N) is 1. The van der Waals surface area contributed by atoms with Crippen LogP contribution in [0.15, 0.2) is 36.5 Å². The summed E-state index contributed by atoms with van der Waals surface area (Å²) in [7, 11) is 0. The van der Waals surface area contributed by atoms with E-state index in [1.807, 2.05) is 19.1 Å². The molecule has 19 heavy (non-hydrogen) atoms. The molecule has 0 amide bonds. The molecule has 0 unspecified atom stereocenters. The molecular formula is C13H12F3N3. The molecule has 0 aromatic carbocycles. The number of halogens is 3. The lowest BCUT2D eigenvalue weighted by atomic mass is 10.2. The summed E-state index contributed by atoms with van der Waals surface area (Å²) in [5.41, 5.74) is 0.706. The van der Waals surface area contributed by atoms with Gasteiger partial charge in [0.25, 0.3) is 0 Å². The Labute approximate surface area is 108 Å². The minimum Gasteiger partial charge on any atom is -0.364 e. The molecule has 0 saturated heterocycles. The van der Waals surface area contributed by atoms with E-state index in [-0.39, 0.29) is 12.4 Å². The van der Waals surface area contributed by atoms with Gasteiger partial charge in [-0.1, -0.05) is 6.07 Å². The highest BCUT2D eigenvalue weighted by molar-refractivity contribution is 5.45. The van der Waals surface area contributed by atoms with Crippen molar-refractivity contribution in [1.82, 2.24) is 9.97 Å². The summed E-state index contributed by atoms with van der Waals surface area (Å²) >= 11 is 0. The number of hydrogen-bond donors (Lipinski definition) is 1. The summed E-state index contributed by atoms with van der Waals surface area (Å²) in [5.74, 6) is -0.182. The van der Waals surface area contributed by atoms with Gasteiger partial charge in [-0.3, -0.25) is 4.98 Å². The van der Waals surface area contributed by atoms with Crippen molar-refractivity contribution >= 4 is 5.82 Å². The molecule has 0 aliphatic rings. The van der Waals surface area contributed by atoms with Gasteiger partial charge in [0.05, 0.1) is 17.8 Å². The Kier molecular flexibility index (Phi) is 3.69. The van der Waals surface area contributed by atoms with Crippen LogP contribution >= 0.6 is 0 Å². The molecular weight excluding hydrogens is 255 g/mol. The molecule has 0 bridgehead atoms. The fourth-order valence-corrected chi connectivity index (χ4v) is 1.65. The van der Waals surface area contributed by atoms with E-state index in [2.05, 4.69) is 15.3 Å². The van der Waals surface area contributed by atoms with Gasteiger partial charge in [-0.15, -0.1) is 0 Å². The molecule has 2 aromatic rings. The van der Waals surface area contributed by atoms with Crippen LogP contribution in [0.1, 0.15) is 17.0 Å². The van der Waals surface area contributed by atoms with Gasteiger partial charge in [0, 0.05) is 11.9 Å². The van der Waals surface area contributed by atoms with Gasteiger partial charge in [0.15, 0.2) is 0 Å². The van der Waals surface area contributed by atoms with Crippen molar-refractivity contribution in [3.8, 4) is 0 Å². The smallest absolute Gasteiger partial charge is 0.364 e. The summed E-state index contributed by atoms with van der Waals surface area (Å²) in [6, 6.07) is 7.64. The van der Waals surface area contributed by atoms with Crippen LogP contribution in [0.4, 0.5) is 19.0 Å². The van der Waals surface area contributed by atoms with Gasteiger partial charge < -0.3 is 5.32 Å². The summed E-state index contributed by atoms with van der Waals surface area (Å²) in [5, 5.41) is 2.67. The third-order valence-corrected chi connectivity index (χ3v) is 2.50. The zero-order chi connectivity index (χ0) is 13.9. The number of nitrogens with zero attached hydrogens (tertiary/aromatic N) is 2. The van der Waals surface area contributed by atoms with Crippen LogP contribution in [0, 0.1) is 6.92 Å². The van der Waals surface area contributed by atoms with Crippen LogP contribution in [0.5, 0.6) is 0 Å². The van der Waals surface area contributed by atoms with Gasteiger partial charge in [-0.05, 0) is 31.2 Å². The maximum absolute atomic E-state index is 12.7. The Hall–Kier alpha value is -2.11. The average molecular weight is 267 g/mol. The van der Waals surface area contributed by atoms with Crippen LogP contribution in [0.3, 0.4) is 0 Å². The Balaban J connectivity index is 2.16. The van der Waals surface area contributed by atoms with Crippen molar-refractivity contribution in [2.45, 2.75) is 19.6 Å². The zero-order valence-electron chi connectivity index (χ0n) is 10.2. The Morgan fingerprint density at radius 1 is 1.16 bits per heavy atom. The minimum absolute atomic E-state index is 0.182. The monoisotopic (exact) mass is 267 g/mol. The Morgan fingerprint density at radius 3 is 2.63 bits per heavy atom. The number of aryl methyl sites for hydroxylation is 1. The summed E-state index contributed by atoms with van der Waals surface area (Å²) in [4.78, 5) is 7.93. The maximum Gasteiger partial charge on any atom is 0.419 e. The summed E-state index contributed by atoms with van der Waals surface area (Å²) in [6.45, 7) is 2.02. The molecule has 0 saturated carbocycles. The highest BCUT2D eigenvalue weighted by Gasteiger charge is 2.33. The zero-order valence-corrected chi connectivity index (χ0v) is 10.2. The molecule has 0 radical (unpaired) electrons. The molecule has 6 heteroatoms. The second-order valence-electron chi connectivity index (χ2n) is 4.02. The highest BCUT2D eigenvalue weighted by atomic mass is 19.4. The van der Waals surface area contributed by atoms with Gasteiger partial charge in [-0.2, -0.15) is 13.2 Å². The van der Waals surface area contributed by atoms with E-state index in [1.54, 1.807) is 6.07 Å². The second kappa shape index (κ2) is 5.26. The topological polar surface area (TPSA) is 37.8 Å². The molecule has 0 spiro atoms. The highest BCUT2D eigenvalue weighted by Crippen LogP contribution is 2.33. The fraction of sp³-hybridized carbons (Fsp3) is 0.231. The van der Waals surface area contributed by atoms with Crippen molar-refractivity contribution in [3.63, 3.8) is 0 Å². The quantitative estimate of drug-likeness (QED) is 0.926. The molecule has 3 nitrogen and oxygen atoms in total. The molecule has 0 aliphatic carbocycles. The normalized spacial score (nSPS) is 11.4. The first-order valence-electron chi connectivity index (χ1n) is 5.65. The van der Waals surface area contributed by atoms with Crippen molar-refractivity contribution in [3.05, 3.63) is 53.5 Å². The van der Waals surface area contributed by atoms with Gasteiger partial charge in [0.1, 0.15) is 5.82 Å². The molecule has 2 aromatic heterocycles.